The van der Waals surface area contributed by atoms with E-state index in [0.29, 0.717) is 12.1 Å². The van der Waals surface area contributed by atoms with Gasteiger partial charge in [-0.25, -0.2) is 0 Å². The number of benzene rings is 1. The molecule has 120 valence electrons. The summed E-state index contributed by atoms with van der Waals surface area (Å²) >= 11 is 0. The second kappa shape index (κ2) is 8.41. The quantitative estimate of drug-likeness (QED) is 0.760. The van der Waals surface area contributed by atoms with Gasteiger partial charge in [0, 0.05) is 30.9 Å². The summed E-state index contributed by atoms with van der Waals surface area (Å²) in [4.78, 5) is 25.9. The molecule has 22 heavy (non-hydrogen) atoms. The van der Waals surface area contributed by atoms with Crippen LogP contribution in [0.4, 0.5) is 5.69 Å². The van der Waals surface area contributed by atoms with Gasteiger partial charge in [0.15, 0.2) is 0 Å². The molecule has 0 aliphatic carbocycles. The third kappa shape index (κ3) is 4.76. The minimum atomic E-state index is -0.0234. The van der Waals surface area contributed by atoms with Crippen LogP contribution in [0.15, 0.2) is 24.3 Å². The Morgan fingerprint density at radius 3 is 2.73 bits per heavy atom. The molecule has 1 aliphatic rings. The van der Waals surface area contributed by atoms with Crippen molar-refractivity contribution in [2.24, 2.45) is 0 Å². The molecule has 0 spiro atoms. The number of hydrogen-bond acceptors (Lipinski definition) is 3. The third-order valence-electron chi connectivity index (χ3n) is 3.81. The van der Waals surface area contributed by atoms with Crippen LogP contribution in [0.2, 0.25) is 0 Å². The Labute approximate surface area is 132 Å². The maximum Gasteiger partial charge on any atom is 0.253 e. The standard InChI is InChI=1S/C17H25N3O2/c1-2-3-9-18-16(21)13-19-15-8-6-7-14(12-15)17(22)20-10-4-5-11-20/h6-8,12,19H,2-5,9-11,13H2,1H3,(H,18,21). The summed E-state index contributed by atoms with van der Waals surface area (Å²) in [7, 11) is 0. The lowest BCUT2D eigenvalue weighted by atomic mass is 10.1. The minimum absolute atomic E-state index is 0.0234. The van der Waals surface area contributed by atoms with Crippen molar-refractivity contribution in [2.75, 3.05) is 31.5 Å². The van der Waals surface area contributed by atoms with Crippen molar-refractivity contribution < 1.29 is 9.59 Å². The van der Waals surface area contributed by atoms with Crippen molar-refractivity contribution in [3.8, 4) is 0 Å². The molecule has 5 heteroatoms. The molecule has 2 rings (SSSR count). The fourth-order valence-electron chi connectivity index (χ4n) is 2.51. The van der Waals surface area contributed by atoms with E-state index in [4.69, 9.17) is 0 Å². The number of likely N-dealkylation sites (tertiary alicyclic amines) is 1. The first-order valence-corrected chi connectivity index (χ1v) is 8.10. The van der Waals surface area contributed by atoms with E-state index in [9.17, 15) is 9.59 Å². The van der Waals surface area contributed by atoms with Crippen LogP contribution in [0, 0.1) is 0 Å². The number of carbonyl (C=O) groups is 2. The number of unbranched alkanes of at least 4 members (excludes halogenated alkanes) is 1. The first kappa shape index (κ1) is 16.3. The molecule has 1 heterocycles. The Kier molecular flexibility index (Phi) is 6.25. The van der Waals surface area contributed by atoms with Gasteiger partial charge < -0.3 is 15.5 Å². The Bertz CT molecular complexity index is 510. The van der Waals surface area contributed by atoms with Gasteiger partial charge in [-0.3, -0.25) is 9.59 Å². The summed E-state index contributed by atoms with van der Waals surface area (Å²) in [6.07, 6.45) is 4.23. The molecule has 0 radical (unpaired) electrons. The lowest BCUT2D eigenvalue weighted by molar-refractivity contribution is -0.119. The highest BCUT2D eigenvalue weighted by Gasteiger charge is 2.19. The second-order valence-corrected chi connectivity index (χ2v) is 5.64. The average molecular weight is 303 g/mol. The first-order valence-electron chi connectivity index (χ1n) is 8.10. The summed E-state index contributed by atoms with van der Waals surface area (Å²) < 4.78 is 0. The molecule has 2 N–H and O–H groups in total. The lowest BCUT2D eigenvalue weighted by Gasteiger charge is -2.16. The first-order chi connectivity index (χ1) is 10.7. The maximum atomic E-state index is 12.3. The van der Waals surface area contributed by atoms with Crippen molar-refractivity contribution >= 4 is 17.5 Å². The fourth-order valence-corrected chi connectivity index (χ4v) is 2.51. The number of nitrogens with one attached hydrogen (secondary N) is 2. The summed E-state index contributed by atoms with van der Waals surface area (Å²) in [6.45, 7) is 4.72. The molecular formula is C17H25N3O2. The normalized spacial score (nSPS) is 14.0. The zero-order valence-electron chi connectivity index (χ0n) is 13.2. The van der Waals surface area contributed by atoms with Crippen LogP contribution < -0.4 is 10.6 Å². The van der Waals surface area contributed by atoms with Crippen molar-refractivity contribution in [1.82, 2.24) is 10.2 Å². The Hall–Kier alpha value is -2.04. The second-order valence-electron chi connectivity index (χ2n) is 5.64. The van der Waals surface area contributed by atoms with E-state index in [1.54, 1.807) is 0 Å². The van der Waals surface area contributed by atoms with Gasteiger partial charge in [0.05, 0.1) is 6.54 Å². The predicted octanol–water partition coefficient (Wildman–Crippen LogP) is 2.25. The third-order valence-corrected chi connectivity index (χ3v) is 3.81. The number of rotatable bonds is 7. The van der Waals surface area contributed by atoms with Crippen LogP contribution in [0.5, 0.6) is 0 Å². The van der Waals surface area contributed by atoms with Gasteiger partial charge in [-0.2, -0.15) is 0 Å². The van der Waals surface area contributed by atoms with Crippen LogP contribution >= 0.6 is 0 Å². The van der Waals surface area contributed by atoms with E-state index in [-0.39, 0.29) is 18.4 Å². The molecule has 0 unspecified atom stereocenters. The summed E-state index contributed by atoms with van der Waals surface area (Å²) in [6, 6.07) is 7.37. The molecule has 0 saturated carbocycles. The van der Waals surface area contributed by atoms with Gasteiger partial charge in [0.1, 0.15) is 0 Å². The highest BCUT2D eigenvalue weighted by Crippen LogP contribution is 2.16. The zero-order chi connectivity index (χ0) is 15.8. The fraction of sp³-hybridized carbons (Fsp3) is 0.529. The maximum absolute atomic E-state index is 12.3. The van der Waals surface area contributed by atoms with Crippen molar-refractivity contribution in [3.05, 3.63) is 29.8 Å². The van der Waals surface area contributed by atoms with Crippen LogP contribution in [0.25, 0.3) is 0 Å². The number of amides is 2. The number of nitrogens with zero attached hydrogens (tertiary/aromatic N) is 1. The highest BCUT2D eigenvalue weighted by molar-refractivity contribution is 5.95. The molecule has 0 aromatic heterocycles. The Morgan fingerprint density at radius 1 is 1.23 bits per heavy atom. The van der Waals surface area contributed by atoms with Gasteiger partial charge in [0.2, 0.25) is 5.91 Å². The van der Waals surface area contributed by atoms with E-state index < -0.39 is 0 Å². The van der Waals surface area contributed by atoms with Gasteiger partial charge in [-0.15, -0.1) is 0 Å². The van der Waals surface area contributed by atoms with Crippen LogP contribution in [0.3, 0.4) is 0 Å². The number of hydrogen-bond donors (Lipinski definition) is 2. The molecule has 1 aromatic carbocycles. The smallest absolute Gasteiger partial charge is 0.253 e. The molecule has 2 amide bonds. The van der Waals surface area contributed by atoms with Gasteiger partial charge in [0.25, 0.3) is 5.91 Å². The van der Waals surface area contributed by atoms with Crippen molar-refractivity contribution in [2.45, 2.75) is 32.6 Å². The molecule has 0 atom stereocenters. The SMILES string of the molecule is CCCCNC(=O)CNc1cccc(C(=O)N2CCCC2)c1. The van der Waals surface area contributed by atoms with Crippen LogP contribution in [-0.4, -0.2) is 42.9 Å². The molecule has 1 fully saturated rings. The molecule has 5 nitrogen and oxygen atoms in total. The average Bonchev–Trinajstić information content (AvgIpc) is 3.07. The van der Waals surface area contributed by atoms with Crippen LogP contribution in [-0.2, 0) is 4.79 Å². The molecule has 1 aromatic rings. The van der Waals surface area contributed by atoms with E-state index in [0.717, 1.165) is 44.5 Å². The molecular weight excluding hydrogens is 278 g/mol. The van der Waals surface area contributed by atoms with E-state index in [2.05, 4.69) is 17.6 Å². The van der Waals surface area contributed by atoms with E-state index in [1.807, 2.05) is 29.2 Å². The summed E-state index contributed by atoms with van der Waals surface area (Å²) in [5.74, 6) is 0.0540. The molecule has 1 aliphatic heterocycles. The molecule has 1 saturated heterocycles. The summed E-state index contributed by atoms with van der Waals surface area (Å²) in [5, 5.41) is 5.93. The minimum Gasteiger partial charge on any atom is -0.376 e. The van der Waals surface area contributed by atoms with Crippen LogP contribution in [0.1, 0.15) is 43.0 Å². The van der Waals surface area contributed by atoms with Gasteiger partial charge in [-0.1, -0.05) is 19.4 Å². The Morgan fingerprint density at radius 2 is 2.00 bits per heavy atom. The van der Waals surface area contributed by atoms with E-state index >= 15 is 0 Å². The highest BCUT2D eigenvalue weighted by atomic mass is 16.2. The van der Waals surface area contributed by atoms with Crippen molar-refractivity contribution in [3.63, 3.8) is 0 Å². The van der Waals surface area contributed by atoms with Crippen molar-refractivity contribution in [1.29, 1.82) is 0 Å². The number of carbonyl (C=O) groups excluding carboxylic acids is 2. The Balaban J connectivity index is 1.85. The zero-order valence-corrected chi connectivity index (χ0v) is 13.2. The summed E-state index contributed by atoms with van der Waals surface area (Å²) in [5.41, 5.74) is 1.48. The lowest BCUT2D eigenvalue weighted by Crippen LogP contribution is -2.30. The predicted molar refractivity (Wildman–Crippen MR) is 88.0 cm³/mol. The van der Waals surface area contributed by atoms with Gasteiger partial charge in [-0.05, 0) is 37.5 Å². The topological polar surface area (TPSA) is 61.4 Å². The van der Waals surface area contributed by atoms with E-state index in [1.165, 1.54) is 0 Å². The monoisotopic (exact) mass is 303 g/mol. The number of anilines is 1. The largest absolute Gasteiger partial charge is 0.376 e. The molecule has 0 bridgehead atoms. The van der Waals surface area contributed by atoms with Gasteiger partial charge >= 0.3 is 0 Å².